The van der Waals surface area contributed by atoms with Crippen LogP contribution in [0.1, 0.15) is 115 Å². The van der Waals surface area contributed by atoms with Gasteiger partial charge in [0.2, 0.25) is 0 Å². The molecule has 0 amide bonds. The van der Waals surface area contributed by atoms with E-state index in [1.807, 2.05) is 30.3 Å². The Morgan fingerprint density at radius 3 is 1.06 bits per heavy atom. The quantitative estimate of drug-likeness (QED) is 0.0863. The van der Waals surface area contributed by atoms with E-state index in [4.69, 9.17) is 9.47 Å². The minimum atomic E-state index is 0.210. The fourth-order valence-electron chi connectivity index (χ4n) is 11.8. The van der Waals surface area contributed by atoms with Gasteiger partial charge < -0.3 is 29.1 Å². The van der Waals surface area contributed by atoms with Gasteiger partial charge in [-0.15, -0.1) is 0 Å². The SMILES string of the molecule is CN1CCN(CCCC(=O)c2ccc3c(C(=O)CCCN4CCN(C)CC4)ccc4c3c2CC4)CC1.O=C(CCCN1CCOCC1)c1ccc2c(C(=O)CCCN3CCOCC3)ccc3c2c1CC3. The smallest absolute Gasteiger partial charge is 0.163 e. The highest BCUT2D eigenvalue weighted by atomic mass is 16.5. The Labute approximate surface area is 416 Å². The molecule has 70 heavy (non-hydrogen) atoms. The van der Waals surface area contributed by atoms with E-state index in [-0.39, 0.29) is 23.1 Å². The number of nitrogens with zero attached hydrogens (tertiary/aromatic N) is 6. The predicted molar refractivity (Wildman–Crippen MR) is 279 cm³/mol. The number of carbonyl (C=O) groups is 4. The zero-order valence-corrected chi connectivity index (χ0v) is 42.4. The third kappa shape index (κ3) is 12.5. The summed E-state index contributed by atoms with van der Waals surface area (Å²) in [6.07, 6.45) is 9.62. The number of likely N-dealkylation sites (N-methyl/N-ethyl adjacent to an activating group) is 2. The zero-order chi connectivity index (χ0) is 48.4. The van der Waals surface area contributed by atoms with Gasteiger partial charge in [0.15, 0.2) is 23.1 Å². The van der Waals surface area contributed by atoms with Crippen LogP contribution < -0.4 is 0 Å². The van der Waals surface area contributed by atoms with E-state index in [0.717, 1.165) is 226 Å². The summed E-state index contributed by atoms with van der Waals surface area (Å²) in [6, 6.07) is 16.3. The van der Waals surface area contributed by atoms with Crippen LogP contribution in [-0.4, -0.2) is 198 Å². The monoisotopic (exact) mass is 955 g/mol. The van der Waals surface area contributed by atoms with Crippen LogP contribution in [0.2, 0.25) is 0 Å². The maximum atomic E-state index is 13.2. The van der Waals surface area contributed by atoms with Gasteiger partial charge in [-0.25, -0.2) is 0 Å². The summed E-state index contributed by atoms with van der Waals surface area (Å²) < 4.78 is 10.8. The number of hydrogen-bond acceptors (Lipinski definition) is 12. The number of hydrogen-bond donors (Lipinski definition) is 0. The third-order valence-corrected chi connectivity index (χ3v) is 16.2. The fourth-order valence-corrected chi connectivity index (χ4v) is 11.8. The molecule has 0 atom stereocenters. The van der Waals surface area contributed by atoms with Gasteiger partial charge in [-0.1, -0.05) is 48.5 Å². The largest absolute Gasteiger partial charge is 0.379 e. The maximum absolute atomic E-state index is 13.2. The molecular formula is C58H78N6O6. The summed E-state index contributed by atoms with van der Waals surface area (Å²) >= 11 is 0. The van der Waals surface area contributed by atoms with Gasteiger partial charge in [-0.2, -0.15) is 0 Å². The highest BCUT2D eigenvalue weighted by molar-refractivity contribution is 6.14. The van der Waals surface area contributed by atoms with Crippen LogP contribution in [0.5, 0.6) is 0 Å². The summed E-state index contributed by atoms with van der Waals surface area (Å²) in [4.78, 5) is 67.1. The molecule has 4 aromatic carbocycles. The fraction of sp³-hybridized carbons (Fsp3) is 0.586. The summed E-state index contributed by atoms with van der Waals surface area (Å²) in [5.74, 6) is 0.945. The van der Waals surface area contributed by atoms with Crippen LogP contribution in [0.25, 0.3) is 21.5 Å². The summed E-state index contributed by atoms with van der Waals surface area (Å²) in [6.45, 7) is 19.7. The standard InChI is InChI=1S/C30H42N4O2.C28H36N2O4/c1-31-15-19-33(20-16-31)13-3-5-28(35)24-9-7-23-8-10-26-25(11-12-27(24)30(23)26)29(36)6-4-14-34-21-17-32(2)18-22-34;31-26(3-1-11-29-13-17-33-18-14-29)22-7-5-21-6-8-24-23(9-10-25(22)28(21)24)27(32)4-2-12-30-15-19-34-20-16-30/h7,9,11-12H,3-6,8,10,13-22H2,1-2H3;5,7,9-10H,1-4,6,8,11-20H2. The molecular weight excluding hydrogens is 877 g/mol. The Morgan fingerprint density at radius 1 is 0.386 bits per heavy atom. The van der Waals surface area contributed by atoms with Crippen LogP contribution in [0.3, 0.4) is 0 Å². The minimum absolute atomic E-state index is 0.210. The van der Waals surface area contributed by atoms with Gasteiger partial charge in [0, 0.05) is 126 Å². The van der Waals surface area contributed by atoms with Crippen molar-refractivity contribution in [3.05, 3.63) is 93.0 Å². The lowest BCUT2D eigenvalue weighted by Crippen LogP contribution is -2.44. The van der Waals surface area contributed by atoms with E-state index in [9.17, 15) is 19.2 Å². The molecule has 4 aromatic rings. The van der Waals surface area contributed by atoms with Gasteiger partial charge in [0.05, 0.1) is 26.4 Å². The highest BCUT2D eigenvalue weighted by Gasteiger charge is 2.27. The normalized spacial score (nSPS) is 19.5. The van der Waals surface area contributed by atoms with Crippen LogP contribution in [0.15, 0.2) is 48.5 Å². The van der Waals surface area contributed by atoms with Crippen molar-refractivity contribution < 1.29 is 28.7 Å². The topological polar surface area (TPSA) is 106 Å². The summed E-state index contributed by atoms with van der Waals surface area (Å²) in [5, 5.41) is 4.44. The Kier molecular flexibility index (Phi) is 17.7. The van der Waals surface area contributed by atoms with Crippen molar-refractivity contribution in [1.29, 1.82) is 0 Å². The lowest BCUT2D eigenvalue weighted by molar-refractivity contribution is 0.0370. The average molecular weight is 955 g/mol. The molecule has 0 bridgehead atoms. The van der Waals surface area contributed by atoms with Crippen molar-refractivity contribution in [3.63, 3.8) is 0 Å². The number of piperazine rings is 2. The van der Waals surface area contributed by atoms with E-state index < -0.39 is 0 Å². The molecule has 0 N–H and O–H groups in total. The van der Waals surface area contributed by atoms with E-state index in [1.165, 1.54) is 22.1 Å². The predicted octanol–water partition coefficient (Wildman–Crippen LogP) is 6.89. The number of ketones is 4. The van der Waals surface area contributed by atoms with Gasteiger partial charge >= 0.3 is 0 Å². The van der Waals surface area contributed by atoms with Gasteiger partial charge in [-0.3, -0.25) is 29.0 Å². The van der Waals surface area contributed by atoms with Gasteiger partial charge in [-0.05, 0) is 135 Å². The van der Waals surface area contributed by atoms with Crippen molar-refractivity contribution in [2.45, 2.75) is 77.0 Å². The van der Waals surface area contributed by atoms with E-state index in [2.05, 4.69) is 61.7 Å². The molecule has 4 aliphatic heterocycles. The van der Waals surface area contributed by atoms with E-state index >= 15 is 0 Å². The first-order valence-electron chi connectivity index (χ1n) is 26.9. The lowest BCUT2D eigenvalue weighted by Gasteiger charge is -2.32. The van der Waals surface area contributed by atoms with E-state index in [1.54, 1.807) is 0 Å². The van der Waals surface area contributed by atoms with Gasteiger partial charge in [0.1, 0.15) is 0 Å². The molecule has 0 radical (unpaired) electrons. The van der Waals surface area contributed by atoms with Crippen molar-refractivity contribution in [3.8, 4) is 0 Å². The lowest BCUT2D eigenvalue weighted by atomic mass is 9.91. The number of aryl methyl sites for hydroxylation is 4. The second-order valence-electron chi connectivity index (χ2n) is 20.9. The van der Waals surface area contributed by atoms with Gasteiger partial charge in [0.25, 0.3) is 0 Å². The number of carbonyl (C=O) groups excluding carboxylic acids is 4. The van der Waals surface area contributed by atoms with Crippen LogP contribution in [0, 0.1) is 0 Å². The first-order valence-corrected chi connectivity index (χ1v) is 26.9. The van der Waals surface area contributed by atoms with Crippen LogP contribution in [0.4, 0.5) is 0 Å². The molecule has 376 valence electrons. The molecule has 12 heteroatoms. The number of morpholine rings is 2. The van der Waals surface area contributed by atoms with Crippen molar-refractivity contribution in [1.82, 2.24) is 29.4 Å². The molecule has 4 fully saturated rings. The molecule has 0 unspecified atom stereocenters. The van der Waals surface area contributed by atoms with Crippen molar-refractivity contribution >= 4 is 44.7 Å². The Balaban J connectivity index is 0.000000174. The molecule has 0 spiro atoms. The highest BCUT2D eigenvalue weighted by Crippen LogP contribution is 2.38. The molecule has 12 nitrogen and oxygen atoms in total. The van der Waals surface area contributed by atoms with Crippen molar-refractivity contribution in [2.75, 3.05) is 145 Å². The number of rotatable bonds is 20. The summed E-state index contributed by atoms with van der Waals surface area (Å²) in [5.41, 5.74) is 8.31. The molecule has 2 aliphatic carbocycles. The number of Topliss-reactive ketones (excluding diaryl/α,β-unsaturated/α-hetero) is 4. The Hall–Kier alpha value is -4.24. The first kappa shape index (κ1) is 50.7. The molecule has 0 saturated carbocycles. The van der Waals surface area contributed by atoms with Crippen LogP contribution in [-0.2, 0) is 35.2 Å². The second kappa shape index (κ2) is 24.5. The van der Waals surface area contributed by atoms with E-state index in [0.29, 0.717) is 25.7 Å². The Morgan fingerprint density at radius 2 is 0.700 bits per heavy atom. The minimum Gasteiger partial charge on any atom is -0.379 e. The molecule has 10 rings (SSSR count). The number of benzene rings is 4. The summed E-state index contributed by atoms with van der Waals surface area (Å²) in [7, 11) is 4.34. The molecule has 6 aliphatic rings. The maximum Gasteiger partial charge on any atom is 0.163 e. The number of ether oxygens (including phenoxy) is 2. The first-order chi connectivity index (χ1) is 34.2. The van der Waals surface area contributed by atoms with Crippen molar-refractivity contribution in [2.24, 2.45) is 0 Å². The zero-order valence-electron chi connectivity index (χ0n) is 42.4. The molecule has 4 heterocycles. The van der Waals surface area contributed by atoms with Crippen LogP contribution >= 0.6 is 0 Å². The third-order valence-electron chi connectivity index (χ3n) is 16.2. The second-order valence-corrected chi connectivity index (χ2v) is 20.9. The molecule has 0 aromatic heterocycles. The Bertz CT molecular complexity index is 2480. The average Bonchev–Trinajstić information content (AvgIpc) is 4.03. The molecule has 4 saturated heterocycles.